The molecule has 0 aliphatic heterocycles. The Labute approximate surface area is 187 Å². The van der Waals surface area contributed by atoms with Crippen LogP contribution in [-0.4, -0.2) is 11.6 Å². The van der Waals surface area contributed by atoms with Gasteiger partial charge in [0.1, 0.15) is 0 Å². The van der Waals surface area contributed by atoms with Crippen molar-refractivity contribution in [2.75, 3.05) is 0 Å². The van der Waals surface area contributed by atoms with Crippen LogP contribution in [0.3, 0.4) is 0 Å². The fourth-order valence-electron chi connectivity index (χ4n) is 4.14. The van der Waals surface area contributed by atoms with E-state index < -0.39 is 0 Å². The van der Waals surface area contributed by atoms with Gasteiger partial charge in [-0.25, -0.2) is 0 Å². The van der Waals surface area contributed by atoms with E-state index in [1.165, 1.54) is 0 Å². The van der Waals surface area contributed by atoms with Crippen molar-refractivity contribution >= 4 is 23.2 Å². The lowest BCUT2D eigenvalue weighted by molar-refractivity contribution is 0.102. The molecule has 1 aliphatic carbocycles. The van der Waals surface area contributed by atoms with Crippen LogP contribution in [0.15, 0.2) is 121 Å². The van der Waals surface area contributed by atoms with Crippen molar-refractivity contribution in [2.45, 2.75) is 0 Å². The summed E-state index contributed by atoms with van der Waals surface area (Å²) in [6.45, 7) is 0. The van der Waals surface area contributed by atoms with E-state index in [1.54, 1.807) is 0 Å². The lowest BCUT2D eigenvalue weighted by Gasteiger charge is -2.23. The summed E-state index contributed by atoms with van der Waals surface area (Å²) in [6.07, 6.45) is 3.83. The van der Waals surface area contributed by atoms with Gasteiger partial charge in [-0.1, -0.05) is 115 Å². The third-order valence-corrected chi connectivity index (χ3v) is 5.67. The standard InChI is InChI=1S/C30H20O2/c31-29(22-13-5-2-6-14-22)27(20-19-21-11-3-1-4-12-21)28-23-15-7-9-17-25(23)30(32)26-18-10-8-16-24(26)28/h1-20H/b20-19+. The molecule has 0 spiro atoms. The van der Waals surface area contributed by atoms with Crippen molar-refractivity contribution < 1.29 is 9.59 Å². The maximum Gasteiger partial charge on any atom is 0.194 e. The van der Waals surface area contributed by atoms with E-state index in [9.17, 15) is 9.59 Å². The fourth-order valence-corrected chi connectivity index (χ4v) is 4.14. The van der Waals surface area contributed by atoms with E-state index in [4.69, 9.17) is 0 Å². The van der Waals surface area contributed by atoms with Crippen LogP contribution in [0.2, 0.25) is 0 Å². The van der Waals surface area contributed by atoms with Gasteiger partial charge in [-0.05, 0) is 22.8 Å². The first-order valence-electron chi connectivity index (χ1n) is 10.5. The molecular formula is C30H20O2. The van der Waals surface area contributed by atoms with Gasteiger partial charge in [0.2, 0.25) is 0 Å². The van der Waals surface area contributed by atoms with Crippen molar-refractivity contribution in [3.63, 3.8) is 0 Å². The zero-order valence-corrected chi connectivity index (χ0v) is 17.4. The third kappa shape index (κ3) is 3.52. The van der Waals surface area contributed by atoms with E-state index in [1.807, 2.05) is 121 Å². The molecule has 0 aromatic heterocycles. The summed E-state index contributed by atoms with van der Waals surface area (Å²) < 4.78 is 0. The van der Waals surface area contributed by atoms with Crippen LogP contribution in [0, 0.1) is 0 Å². The van der Waals surface area contributed by atoms with E-state index in [0.717, 1.165) is 22.3 Å². The van der Waals surface area contributed by atoms with Gasteiger partial charge < -0.3 is 0 Å². The highest BCUT2D eigenvalue weighted by Crippen LogP contribution is 2.39. The lowest BCUT2D eigenvalue weighted by Crippen LogP contribution is -2.17. The minimum atomic E-state index is -0.0771. The van der Waals surface area contributed by atoms with Crippen molar-refractivity contribution in [1.82, 2.24) is 0 Å². The maximum absolute atomic E-state index is 13.8. The molecule has 5 rings (SSSR count). The third-order valence-electron chi connectivity index (χ3n) is 5.67. The first-order valence-corrected chi connectivity index (χ1v) is 10.5. The molecule has 0 amide bonds. The summed E-state index contributed by atoms with van der Waals surface area (Å²) in [7, 11) is 0. The Bertz CT molecular complexity index is 1330. The van der Waals surface area contributed by atoms with E-state index >= 15 is 0 Å². The molecule has 0 saturated heterocycles. The van der Waals surface area contributed by atoms with Gasteiger partial charge in [0.15, 0.2) is 11.6 Å². The SMILES string of the molecule is O=C(C(/C=C/c1ccccc1)=C1c2ccccc2C(=O)c2ccccc21)c1ccccc1. The molecule has 4 aromatic carbocycles. The first-order chi connectivity index (χ1) is 15.7. The molecule has 0 fully saturated rings. The predicted octanol–water partition coefficient (Wildman–Crippen LogP) is 6.63. The minimum absolute atomic E-state index is 0.0153. The zero-order chi connectivity index (χ0) is 21.9. The van der Waals surface area contributed by atoms with E-state index in [0.29, 0.717) is 22.3 Å². The van der Waals surface area contributed by atoms with E-state index in [-0.39, 0.29) is 11.6 Å². The number of ketones is 2. The number of Topliss-reactive ketones (excluding diaryl/α,β-unsaturated/α-hetero) is 1. The van der Waals surface area contributed by atoms with Crippen LogP contribution < -0.4 is 0 Å². The summed E-state index contributed by atoms with van der Waals surface area (Å²) in [6, 6.07) is 34.2. The number of rotatable bonds is 4. The molecule has 32 heavy (non-hydrogen) atoms. The van der Waals surface area contributed by atoms with Crippen molar-refractivity contribution in [3.8, 4) is 0 Å². The van der Waals surface area contributed by atoms with Crippen LogP contribution in [0.5, 0.6) is 0 Å². The molecule has 1 aliphatic rings. The highest BCUT2D eigenvalue weighted by atomic mass is 16.1. The second kappa shape index (κ2) is 8.44. The summed E-state index contributed by atoms with van der Waals surface area (Å²) in [5.74, 6) is -0.0924. The topological polar surface area (TPSA) is 34.1 Å². The predicted molar refractivity (Wildman–Crippen MR) is 129 cm³/mol. The number of hydrogen-bond donors (Lipinski definition) is 0. The Morgan fingerprint density at radius 3 is 1.59 bits per heavy atom. The largest absolute Gasteiger partial charge is 0.289 e. The van der Waals surface area contributed by atoms with Gasteiger partial charge in [0, 0.05) is 27.8 Å². The minimum Gasteiger partial charge on any atom is -0.289 e. The van der Waals surface area contributed by atoms with Crippen molar-refractivity contribution in [1.29, 1.82) is 0 Å². The fraction of sp³-hybridized carbons (Fsp3) is 0. The van der Waals surface area contributed by atoms with Gasteiger partial charge >= 0.3 is 0 Å². The van der Waals surface area contributed by atoms with Gasteiger partial charge in [-0.3, -0.25) is 9.59 Å². The molecule has 152 valence electrons. The molecule has 0 bridgehead atoms. The molecule has 0 radical (unpaired) electrons. The van der Waals surface area contributed by atoms with Crippen LogP contribution in [0.1, 0.15) is 43.0 Å². The number of allylic oxidation sites excluding steroid dienone is 2. The van der Waals surface area contributed by atoms with Crippen LogP contribution in [-0.2, 0) is 0 Å². The Balaban J connectivity index is 1.81. The summed E-state index contributed by atoms with van der Waals surface area (Å²) >= 11 is 0. The summed E-state index contributed by atoms with van der Waals surface area (Å²) in [5, 5.41) is 0. The maximum atomic E-state index is 13.8. The highest BCUT2D eigenvalue weighted by Gasteiger charge is 2.29. The second-order valence-corrected chi connectivity index (χ2v) is 7.65. The molecular weight excluding hydrogens is 392 g/mol. The van der Waals surface area contributed by atoms with E-state index in [2.05, 4.69) is 0 Å². The Morgan fingerprint density at radius 2 is 1.03 bits per heavy atom. The molecule has 2 heteroatoms. The second-order valence-electron chi connectivity index (χ2n) is 7.65. The summed E-state index contributed by atoms with van der Waals surface area (Å²) in [4.78, 5) is 26.9. The number of carbonyl (C=O) groups is 2. The molecule has 0 heterocycles. The number of benzene rings is 4. The average Bonchev–Trinajstić information content (AvgIpc) is 2.87. The van der Waals surface area contributed by atoms with Gasteiger partial charge in [-0.15, -0.1) is 0 Å². The van der Waals surface area contributed by atoms with Gasteiger partial charge in [0.05, 0.1) is 0 Å². The van der Waals surface area contributed by atoms with Crippen LogP contribution >= 0.6 is 0 Å². The normalized spacial score (nSPS) is 12.4. The Hall–Kier alpha value is -4.30. The van der Waals surface area contributed by atoms with Crippen molar-refractivity contribution in [2.24, 2.45) is 0 Å². The number of hydrogen-bond acceptors (Lipinski definition) is 2. The molecule has 0 atom stereocenters. The monoisotopic (exact) mass is 412 g/mol. The van der Waals surface area contributed by atoms with Gasteiger partial charge in [-0.2, -0.15) is 0 Å². The Morgan fingerprint density at radius 1 is 0.562 bits per heavy atom. The Kier molecular flexibility index (Phi) is 5.19. The van der Waals surface area contributed by atoms with Crippen LogP contribution in [0.25, 0.3) is 11.6 Å². The van der Waals surface area contributed by atoms with Gasteiger partial charge in [0.25, 0.3) is 0 Å². The number of carbonyl (C=O) groups excluding carboxylic acids is 2. The number of fused-ring (bicyclic) bond motifs is 2. The molecule has 0 unspecified atom stereocenters. The zero-order valence-electron chi connectivity index (χ0n) is 17.4. The molecule has 4 aromatic rings. The smallest absolute Gasteiger partial charge is 0.194 e. The molecule has 0 saturated carbocycles. The van der Waals surface area contributed by atoms with Crippen LogP contribution in [0.4, 0.5) is 0 Å². The average molecular weight is 412 g/mol. The summed E-state index contributed by atoms with van der Waals surface area (Å²) in [5.41, 5.74) is 5.77. The molecule has 0 N–H and O–H groups in total. The first kappa shape index (κ1) is 19.7. The lowest BCUT2D eigenvalue weighted by atomic mass is 9.78. The van der Waals surface area contributed by atoms with Crippen molar-refractivity contribution in [3.05, 3.63) is 154 Å². The molecule has 2 nitrogen and oxygen atoms in total. The highest BCUT2D eigenvalue weighted by molar-refractivity contribution is 6.24. The quantitative estimate of drug-likeness (QED) is 0.245.